The summed E-state index contributed by atoms with van der Waals surface area (Å²) in [5, 5.41) is 0.745. The molecule has 29 heavy (non-hydrogen) atoms. The first-order valence-electron chi connectivity index (χ1n) is 10.2. The van der Waals surface area contributed by atoms with Crippen LogP contribution in [-0.4, -0.2) is 29.3 Å². The molecule has 0 saturated carbocycles. The molecule has 0 spiro atoms. The number of benzene rings is 1. The van der Waals surface area contributed by atoms with Crippen molar-refractivity contribution < 1.29 is 8.42 Å². The average Bonchev–Trinajstić information content (AvgIpc) is 2.97. The van der Waals surface area contributed by atoms with E-state index >= 15 is 0 Å². The minimum absolute atomic E-state index is 0.166. The first-order chi connectivity index (χ1) is 13.7. The highest BCUT2D eigenvalue weighted by Gasteiger charge is 2.20. The fourth-order valence-corrected chi connectivity index (χ4v) is 4.50. The number of sulfonamides is 1. The van der Waals surface area contributed by atoms with Gasteiger partial charge in [0.05, 0.1) is 5.25 Å². The van der Waals surface area contributed by atoms with Gasteiger partial charge in [-0.25, -0.2) is 13.1 Å². The molecule has 0 bridgehead atoms. The van der Waals surface area contributed by atoms with Gasteiger partial charge in [-0.2, -0.15) is 0 Å². The molecule has 0 aliphatic heterocycles. The van der Waals surface area contributed by atoms with Crippen molar-refractivity contribution in [2.24, 2.45) is 5.92 Å². The second kappa shape index (κ2) is 8.67. The van der Waals surface area contributed by atoms with Gasteiger partial charge in [-0.05, 0) is 68.0 Å². The van der Waals surface area contributed by atoms with E-state index in [9.17, 15) is 8.42 Å². The number of aromatic nitrogens is 2. The normalized spacial score (nSPS) is 13.5. The molecular formula is C23H31N3O2S. The molecule has 1 aromatic carbocycles. The van der Waals surface area contributed by atoms with E-state index in [1.54, 1.807) is 26.2 Å². The van der Waals surface area contributed by atoms with Crippen LogP contribution in [0.4, 0.5) is 0 Å². The monoisotopic (exact) mass is 413 g/mol. The van der Waals surface area contributed by atoms with Crippen molar-refractivity contribution in [2.45, 2.75) is 58.9 Å². The molecule has 2 aromatic heterocycles. The first kappa shape index (κ1) is 21.5. The highest BCUT2D eigenvalue weighted by atomic mass is 32.2. The quantitative estimate of drug-likeness (QED) is 0.586. The Morgan fingerprint density at radius 2 is 1.69 bits per heavy atom. The summed E-state index contributed by atoms with van der Waals surface area (Å²) in [6, 6.07) is 10.4. The van der Waals surface area contributed by atoms with Crippen molar-refractivity contribution in [3.63, 3.8) is 0 Å². The first-order valence-corrected chi connectivity index (χ1v) is 11.8. The number of fused-ring (bicyclic) bond motifs is 1. The molecule has 1 unspecified atom stereocenters. The summed E-state index contributed by atoms with van der Waals surface area (Å²) in [4.78, 5) is 4.11. The summed E-state index contributed by atoms with van der Waals surface area (Å²) < 4.78 is 29.6. The molecule has 0 radical (unpaired) electrons. The Bertz CT molecular complexity index is 1070. The van der Waals surface area contributed by atoms with Gasteiger partial charge in [-0.1, -0.05) is 26.0 Å². The second-order valence-corrected chi connectivity index (χ2v) is 10.8. The molecule has 0 saturated heterocycles. The fraction of sp³-hybridized carbons (Fsp3) is 0.435. The topological polar surface area (TPSA) is 64.0 Å². The van der Waals surface area contributed by atoms with Crippen LogP contribution < -0.4 is 4.72 Å². The molecule has 0 aliphatic carbocycles. The van der Waals surface area contributed by atoms with Crippen LogP contribution in [-0.2, 0) is 23.0 Å². The van der Waals surface area contributed by atoms with E-state index in [0.29, 0.717) is 12.3 Å². The van der Waals surface area contributed by atoms with E-state index < -0.39 is 15.3 Å². The Morgan fingerprint density at radius 1 is 1.00 bits per heavy atom. The summed E-state index contributed by atoms with van der Waals surface area (Å²) >= 11 is 0. The number of nitrogens with one attached hydrogen (secondary N) is 1. The molecule has 3 rings (SSSR count). The Balaban J connectivity index is 1.97. The largest absolute Gasteiger partial charge is 0.347 e. The molecular weight excluding hydrogens is 382 g/mol. The minimum atomic E-state index is -3.29. The van der Waals surface area contributed by atoms with E-state index in [4.69, 9.17) is 0 Å². The Morgan fingerprint density at radius 3 is 2.31 bits per heavy atom. The highest BCUT2D eigenvalue weighted by molar-refractivity contribution is 7.90. The lowest BCUT2D eigenvalue weighted by atomic mass is 10.0. The summed E-state index contributed by atoms with van der Waals surface area (Å²) in [7, 11) is -3.29. The van der Waals surface area contributed by atoms with Crippen LogP contribution in [0, 0.1) is 5.92 Å². The fourth-order valence-electron chi connectivity index (χ4n) is 3.59. The molecule has 156 valence electrons. The van der Waals surface area contributed by atoms with Gasteiger partial charge in [0.15, 0.2) is 0 Å². The third kappa shape index (κ3) is 5.06. The molecule has 0 fully saturated rings. The maximum absolute atomic E-state index is 12.2. The van der Waals surface area contributed by atoms with Gasteiger partial charge in [0, 0.05) is 42.1 Å². The van der Waals surface area contributed by atoms with Crippen molar-refractivity contribution in [1.82, 2.24) is 14.3 Å². The number of pyridine rings is 1. The lowest BCUT2D eigenvalue weighted by Crippen LogP contribution is -2.38. The number of hydrogen-bond acceptors (Lipinski definition) is 3. The lowest BCUT2D eigenvalue weighted by molar-refractivity contribution is 0.532. The standard InChI is InChI=1S/C23H31N3O2S/c1-16(2)14-26-15-21(12-18(5)25-29(27,28)17(3)4)22-7-6-20(13-23(22)26)19-8-10-24-11-9-19/h6-11,13,15-18,25H,12,14H2,1-5H3. The van der Waals surface area contributed by atoms with Gasteiger partial charge >= 0.3 is 0 Å². The third-order valence-electron chi connectivity index (χ3n) is 5.05. The molecule has 1 N–H and O–H groups in total. The molecule has 5 nitrogen and oxygen atoms in total. The number of hydrogen-bond donors (Lipinski definition) is 1. The smallest absolute Gasteiger partial charge is 0.214 e. The summed E-state index contributed by atoms with van der Waals surface area (Å²) in [6.07, 6.45) is 6.45. The molecule has 6 heteroatoms. The summed E-state index contributed by atoms with van der Waals surface area (Å²) in [6.45, 7) is 10.7. The maximum atomic E-state index is 12.2. The second-order valence-electron chi connectivity index (χ2n) is 8.49. The SMILES string of the molecule is CC(C)Cn1cc(CC(C)NS(=O)(=O)C(C)C)c2ccc(-c3ccncc3)cc21. The zero-order chi connectivity index (χ0) is 21.2. The van der Waals surface area contributed by atoms with Crippen LogP contribution in [0.15, 0.2) is 48.9 Å². The zero-order valence-corrected chi connectivity index (χ0v) is 18.7. The van der Waals surface area contributed by atoms with E-state index in [2.05, 4.69) is 52.5 Å². The van der Waals surface area contributed by atoms with Gasteiger partial charge in [0.2, 0.25) is 10.0 Å². The van der Waals surface area contributed by atoms with Crippen LogP contribution in [0.25, 0.3) is 22.0 Å². The van der Waals surface area contributed by atoms with E-state index in [1.807, 2.05) is 19.1 Å². The predicted molar refractivity (Wildman–Crippen MR) is 120 cm³/mol. The molecule has 2 heterocycles. The van der Waals surface area contributed by atoms with E-state index in [1.165, 1.54) is 16.5 Å². The van der Waals surface area contributed by atoms with Crippen molar-refractivity contribution in [3.8, 4) is 11.1 Å². The maximum Gasteiger partial charge on any atom is 0.214 e. The average molecular weight is 414 g/mol. The number of nitrogens with zero attached hydrogens (tertiary/aromatic N) is 2. The van der Waals surface area contributed by atoms with Crippen LogP contribution in [0.1, 0.15) is 40.2 Å². The highest BCUT2D eigenvalue weighted by Crippen LogP contribution is 2.29. The molecule has 0 aliphatic rings. The Kier molecular flexibility index (Phi) is 6.44. The Labute approximate surface area is 174 Å². The van der Waals surface area contributed by atoms with Gasteiger partial charge in [0.1, 0.15) is 0 Å². The molecule has 0 amide bonds. The van der Waals surface area contributed by atoms with Gasteiger partial charge in [0.25, 0.3) is 0 Å². The summed E-state index contributed by atoms with van der Waals surface area (Å²) in [5.41, 5.74) is 4.64. The minimum Gasteiger partial charge on any atom is -0.347 e. The number of rotatable bonds is 8. The van der Waals surface area contributed by atoms with Crippen molar-refractivity contribution in [3.05, 3.63) is 54.5 Å². The Hall–Kier alpha value is -2.18. The lowest BCUT2D eigenvalue weighted by Gasteiger charge is -2.16. The molecule has 3 aromatic rings. The summed E-state index contributed by atoms with van der Waals surface area (Å²) in [5.74, 6) is 0.514. The van der Waals surface area contributed by atoms with Gasteiger partial charge in [-0.15, -0.1) is 0 Å². The van der Waals surface area contributed by atoms with Crippen LogP contribution in [0.5, 0.6) is 0 Å². The van der Waals surface area contributed by atoms with Gasteiger partial charge < -0.3 is 4.57 Å². The van der Waals surface area contributed by atoms with Gasteiger partial charge in [-0.3, -0.25) is 4.98 Å². The van der Waals surface area contributed by atoms with E-state index in [0.717, 1.165) is 17.7 Å². The van der Waals surface area contributed by atoms with Crippen molar-refractivity contribution >= 4 is 20.9 Å². The van der Waals surface area contributed by atoms with E-state index in [-0.39, 0.29) is 6.04 Å². The van der Waals surface area contributed by atoms with Crippen LogP contribution in [0.2, 0.25) is 0 Å². The van der Waals surface area contributed by atoms with Crippen molar-refractivity contribution in [1.29, 1.82) is 0 Å². The van der Waals surface area contributed by atoms with Crippen molar-refractivity contribution in [2.75, 3.05) is 0 Å². The predicted octanol–water partition coefficient (Wildman–Crippen LogP) is 4.62. The molecule has 1 atom stereocenters. The zero-order valence-electron chi connectivity index (χ0n) is 17.9. The third-order valence-corrected chi connectivity index (χ3v) is 7.02. The van der Waals surface area contributed by atoms with Crippen LogP contribution in [0.3, 0.4) is 0 Å². The van der Waals surface area contributed by atoms with Crippen LogP contribution >= 0.6 is 0 Å².